The number of nitrogens with zero attached hydrogens (tertiary/aromatic N) is 1. The summed E-state index contributed by atoms with van der Waals surface area (Å²) < 4.78 is 4.90. The number of allylic oxidation sites excluding steroid dienone is 1. The summed E-state index contributed by atoms with van der Waals surface area (Å²) in [5, 5.41) is 10.8. The first-order chi connectivity index (χ1) is 9.91. The third-order valence-electron chi connectivity index (χ3n) is 3.78. The summed E-state index contributed by atoms with van der Waals surface area (Å²) in [4.78, 5) is 25.9. The first kappa shape index (κ1) is 15.3. The first-order valence-electron chi connectivity index (χ1n) is 6.84. The highest BCUT2D eigenvalue weighted by molar-refractivity contribution is 6.22. The highest BCUT2D eigenvalue weighted by Gasteiger charge is 2.51. The van der Waals surface area contributed by atoms with Crippen molar-refractivity contribution < 1.29 is 19.4 Å². The van der Waals surface area contributed by atoms with Gasteiger partial charge in [-0.05, 0) is 19.4 Å². The molecule has 0 aliphatic carbocycles. The van der Waals surface area contributed by atoms with Gasteiger partial charge in [0.1, 0.15) is 5.57 Å². The average Bonchev–Trinajstić information content (AvgIpc) is 2.62. The van der Waals surface area contributed by atoms with Gasteiger partial charge in [0.2, 0.25) is 11.5 Å². The Morgan fingerprint density at radius 1 is 1.33 bits per heavy atom. The Hall–Kier alpha value is -2.14. The SMILES string of the molecule is CCOC(=O)C1=C(C)N(C)C(O)(Cc2ccccc2)C1=O. The number of benzene rings is 1. The molecule has 1 atom stereocenters. The second kappa shape index (κ2) is 5.69. The van der Waals surface area contributed by atoms with Crippen LogP contribution in [0.5, 0.6) is 0 Å². The van der Waals surface area contributed by atoms with Crippen LogP contribution < -0.4 is 0 Å². The van der Waals surface area contributed by atoms with Gasteiger partial charge in [-0.1, -0.05) is 30.3 Å². The highest BCUT2D eigenvalue weighted by Crippen LogP contribution is 2.34. The van der Waals surface area contributed by atoms with Gasteiger partial charge in [-0.25, -0.2) is 4.79 Å². The molecule has 0 saturated carbocycles. The van der Waals surface area contributed by atoms with E-state index in [0.717, 1.165) is 5.56 Å². The third kappa shape index (κ3) is 2.56. The zero-order valence-electron chi connectivity index (χ0n) is 12.4. The molecule has 0 fully saturated rings. The lowest BCUT2D eigenvalue weighted by Crippen LogP contribution is -2.49. The molecule has 1 aliphatic rings. The van der Waals surface area contributed by atoms with E-state index in [9.17, 15) is 14.7 Å². The summed E-state index contributed by atoms with van der Waals surface area (Å²) in [7, 11) is 1.60. The van der Waals surface area contributed by atoms with Crippen LogP contribution in [0.25, 0.3) is 0 Å². The number of carbonyl (C=O) groups is 2. The molecule has 5 nitrogen and oxygen atoms in total. The van der Waals surface area contributed by atoms with Gasteiger partial charge in [0.05, 0.1) is 6.61 Å². The Labute approximate surface area is 123 Å². The fraction of sp³-hybridized carbons (Fsp3) is 0.375. The minimum Gasteiger partial charge on any atom is -0.462 e. The Morgan fingerprint density at radius 3 is 2.52 bits per heavy atom. The monoisotopic (exact) mass is 289 g/mol. The van der Waals surface area contributed by atoms with Crippen LogP contribution in [0.3, 0.4) is 0 Å². The Balaban J connectivity index is 2.32. The van der Waals surface area contributed by atoms with E-state index in [4.69, 9.17) is 4.74 Å². The van der Waals surface area contributed by atoms with Gasteiger partial charge in [-0.15, -0.1) is 0 Å². The molecule has 0 amide bonds. The number of ketones is 1. The quantitative estimate of drug-likeness (QED) is 0.668. The Bertz CT molecular complexity index is 594. The van der Waals surface area contributed by atoms with Crippen molar-refractivity contribution in [3.05, 3.63) is 47.2 Å². The molecule has 1 aliphatic heterocycles. The number of likely N-dealkylation sites (N-methyl/N-ethyl adjacent to an activating group) is 1. The standard InChI is InChI=1S/C16H19NO4/c1-4-21-15(19)13-11(2)17(3)16(20,14(13)18)10-12-8-6-5-7-9-12/h5-9,20H,4,10H2,1-3H3. The van der Waals surface area contributed by atoms with E-state index in [0.29, 0.717) is 5.70 Å². The summed E-state index contributed by atoms with van der Waals surface area (Å²) >= 11 is 0. The van der Waals surface area contributed by atoms with Crippen LogP contribution in [0.1, 0.15) is 19.4 Å². The fourth-order valence-electron chi connectivity index (χ4n) is 2.48. The summed E-state index contributed by atoms with van der Waals surface area (Å²) in [6, 6.07) is 9.20. The van der Waals surface area contributed by atoms with E-state index in [2.05, 4.69) is 0 Å². The zero-order valence-corrected chi connectivity index (χ0v) is 12.4. The molecule has 5 heteroatoms. The van der Waals surface area contributed by atoms with Crippen molar-refractivity contribution >= 4 is 11.8 Å². The highest BCUT2D eigenvalue weighted by atomic mass is 16.5. The van der Waals surface area contributed by atoms with Gasteiger partial charge in [0, 0.05) is 19.2 Å². The molecule has 112 valence electrons. The van der Waals surface area contributed by atoms with Gasteiger partial charge >= 0.3 is 5.97 Å². The predicted octanol–water partition coefficient (Wildman–Crippen LogP) is 1.27. The molecular weight excluding hydrogens is 270 g/mol. The molecule has 1 heterocycles. The van der Waals surface area contributed by atoms with E-state index in [1.165, 1.54) is 4.90 Å². The molecular formula is C16H19NO4. The summed E-state index contributed by atoms with van der Waals surface area (Å²) in [5.41, 5.74) is -0.569. The van der Waals surface area contributed by atoms with Crippen molar-refractivity contribution in [3.63, 3.8) is 0 Å². The van der Waals surface area contributed by atoms with Crippen LogP contribution in [0.4, 0.5) is 0 Å². The fourth-order valence-corrected chi connectivity index (χ4v) is 2.48. The van der Waals surface area contributed by atoms with Gasteiger partial charge in [0.15, 0.2) is 0 Å². The minimum atomic E-state index is -1.74. The van der Waals surface area contributed by atoms with Crippen LogP contribution in [0, 0.1) is 0 Å². The van der Waals surface area contributed by atoms with Gasteiger partial charge in [-0.2, -0.15) is 0 Å². The molecule has 0 bridgehead atoms. The normalized spacial score (nSPS) is 21.9. The number of carbonyl (C=O) groups excluding carboxylic acids is 2. The summed E-state index contributed by atoms with van der Waals surface area (Å²) in [6.07, 6.45) is 0.115. The molecule has 21 heavy (non-hydrogen) atoms. The lowest BCUT2D eigenvalue weighted by atomic mass is 9.96. The Kier molecular flexibility index (Phi) is 4.14. The molecule has 2 rings (SSSR count). The number of hydrogen-bond donors (Lipinski definition) is 1. The molecule has 1 unspecified atom stereocenters. The predicted molar refractivity (Wildman–Crippen MR) is 77.2 cm³/mol. The second-order valence-corrected chi connectivity index (χ2v) is 5.05. The van der Waals surface area contributed by atoms with Crippen molar-refractivity contribution in [2.75, 3.05) is 13.7 Å². The van der Waals surface area contributed by atoms with Crippen LogP contribution in [-0.4, -0.2) is 41.1 Å². The molecule has 0 aromatic heterocycles. The van der Waals surface area contributed by atoms with E-state index in [1.807, 2.05) is 30.3 Å². The maximum absolute atomic E-state index is 12.5. The van der Waals surface area contributed by atoms with E-state index >= 15 is 0 Å². The van der Waals surface area contributed by atoms with Crippen molar-refractivity contribution in [1.82, 2.24) is 4.90 Å². The first-order valence-corrected chi connectivity index (χ1v) is 6.84. The number of rotatable bonds is 4. The molecule has 1 aromatic rings. The topological polar surface area (TPSA) is 66.8 Å². The maximum Gasteiger partial charge on any atom is 0.343 e. The Morgan fingerprint density at radius 2 is 1.95 bits per heavy atom. The summed E-state index contributed by atoms with van der Waals surface area (Å²) in [6.45, 7) is 3.49. The van der Waals surface area contributed by atoms with Crippen molar-refractivity contribution in [2.24, 2.45) is 0 Å². The number of ether oxygens (including phenoxy) is 1. The zero-order chi connectivity index (χ0) is 15.6. The molecule has 0 saturated heterocycles. The van der Waals surface area contributed by atoms with E-state index in [1.54, 1.807) is 20.9 Å². The van der Waals surface area contributed by atoms with Crippen molar-refractivity contribution in [1.29, 1.82) is 0 Å². The molecule has 1 N–H and O–H groups in total. The second-order valence-electron chi connectivity index (χ2n) is 5.05. The van der Waals surface area contributed by atoms with E-state index < -0.39 is 17.5 Å². The van der Waals surface area contributed by atoms with Gasteiger partial charge < -0.3 is 14.7 Å². The van der Waals surface area contributed by atoms with Crippen LogP contribution >= 0.6 is 0 Å². The van der Waals surface area contributed by atoms with E-state index in [-0.39, 0.29) is 18.6 Å². The minimum absolute atomic E-state index is 0.0715. The molecule has 0 spiro atoms. The number of Topliss-reactive ketones (excluding diaryl/α,β-unsaturated/α-hetero) is 1. The number of aliphatic hydroxyl groups is 1. The van der Waals surface area contributed by atoms with Crippen LogP contribution in [0.2, 0.25) is 0 Å². The number of hydrogen-bond acceptors (Lipinski definition) is 5. The maximum atomic E-state index is 12.5. The van der Waals surface area contributed by atoms with Crippen molar-refractivity contribution in [2.45, 2.75) is 26.0 Å². The third-order valence-corrected chi connectivity index (χ3v) is 3.78. The van der Waals surface area contributed by atoms with Gasteiger partial charge in [0.25, 0.3) is 0 Å². The lowest BCUT2D eigenvalue weighted by molar-refractivity contribution is -0.148. The largest absolute Gasteiger partial charge is 0.462 e. The molecule has 1 aromatic carbocycles. The lowest BCUT2D eigenvalue weighted by Gasteiger charge is -2.31. The van der Waals surface area contributed by atoms with Gasteiger partial charge in [-0.3, -0.25) is 4.79 Å². The smallest absolute Gasteiger partial charge is 0.343 e. The van der Waals surface area contributed by atoms with Crippen LogP contribution in [0.15, 0.2) is 41.6 Å². The molecule has 0 radical (unpaired) electrons. The van der Waals surface area contributed by atoms with Crippen LogP contribution in [-0.2, 0) is 20.7 Å². The van der Waals surface area contributed by atoms with Crippen molar-refractivity contribution in [3.8, 4) is 0 Å². The number of esters is 1. The summed E-state index contributed by atoms with van der Waals surface area (Å²) in [5.74, 6) is -1.29. The average molecular weight is 289 g/mol.